The van der Waals surface area contributed by atoms with Gasteiger partial charge in [0, 0.05) is 37.9 Å². The average molecular weight is 329 g/mol. The Hall–Kier alpha value is -2.48. The molecule has 24 heavy (non-hydrogen) atoms. The van der Waals surface area contributed by atoms with E-state index in [4.69, 9.17) is 4.74 Å². The summed E-state index contributed by atoms with van der Waals surface area (Å²) in [6, 6.07) is 1.87. The third-order valence-electron chi connectivity index (χ3n) is 4.99. The normalized spacial score (nSPS) is 19.3. The fourth-order valence-corrected chi connectivity index (χ4v) is 3.55. The molecule has 4 rings (SSSR count). The van der Waals surface area contributed by atoms with E-state index >= 15 is 0 Å². The number of nitrogens with zero attached hydrogens (tertiary/aromatic N) is 3. The Morgan fingerprint density at radius 3 is 2.67 bits per heavy atom. The van der Waals surface area contributed by atoms with Gasteiger partial charge < -0.3 is 14.6 Å². The van der Waals surface area contributed by atoms with Crippen LogP contribution in [0.1, 0.15) is 18.5 Å². The van der Waals surface area contributed by atoms with E-state index in [1.807, 2.05) is 13.0 Å². The van der Waals surface area contributed by atoms with E-state index < -0.39 is 11.2 Å². The van der Waals surface area contributed by atoms with Gasteiger partial charge in [0.2, 0.25) is 0 Å². The fourth-order valence-electron chi connectivity index (χ4n) is 3.55. The number of nitrogens with one attached hydrogen (secondary N) is 2. The highest BCUT2D eigenvalue weighted by Gasteiger charge is 2.44. The van der Waals surface area contributed by atoms with E-state index in [0.29, 0.717) is 16.7 Å². The van der Waals surface area contributed by atoms with E-state index in [0.717, 1.165) is 50.5 Å². The smallest absolute Gasteiger partial charge is 0.325 e. The number of aromatic nitrogens is 4. The third-order valence-corrected chi connectivity index (χ3v) is 4.99. The van der Waals surface area contributed by atoms with Crippen LogP contribution in [-0.2, 0) is 4.74 Å². The summed E-state index contributed by atoms with van der Waals surface area (Å²) in [6.07, 6.45) is 3.56. The van der Waals surface area contributed by atoms with Crippen molar-refractivity contribution in [1.82, 2.24) is 20.2 Å². The third kappa shape index (κ3) is 2.52. The summed E-state index contributed by atoms with van der Waals surface area (Å²) in [5.41, 5.74) is 1.94. The second-order valence-corrected chi connectivity index (χ2v) is 6.65. The van der Waals surface area contributed by atoms with Crippen LogP contribution in [0, 0.1) is 12.3 Å². The molecule has 4 heterocycles. The first kappa shape index (κ1) is 15.1. The minimum atomic E-state index is -0.534. The summed E-state index contributed by atoms with van der Waals surface area (Å²) in [6.45, 7) is 5.53. The number of hydrogen-bond donors (Lipinski definition) is 2. The number of rotatable bonds is 2. The van der Waals surface area contributed by atoms with Crippen LogP contribution in [-0.4, -0.2) is 46.5 Å². The quantitative estimate of drug-likeness (QED) is 0.829. The number of aryl methyl sites for hydroxylation is 1. The highest BCUT2D eigenvalue weighted by Crippen LogP contribution is 2.42. The zero-order valence-corrected chi connectivity index (χ0v) is 13.5. The summed E-state index contributed by atoms with van der Waals surface area (Å²) in [5.74, 6) is 0. The summed E-state index contributed by atoms with van der Waals surface area (Å²) >= 11 is 0. The van der Waals surface area contributed by atoms with Gasteiger partial charge in [-0.3, -0.25) is 9.78 Å². The highest BCUT2D eigenvalue weighted by molar-refractivity contribution is 5.64. The van der Waals surface area contributed by atoms with Gasteiger partial charge in [-0.2, -0.15) is 5.10 Å². The van der Waals surface area contributed by atoms with Crippen molar-refractivity contribution in [2.45, 2.75) is 19.8 Å². The highest BCUT2D eigenvalue weighted by atomic mass is 16.5. The molecule has 2 aromatic heterocycles. The number of ether oxygens (including phenoxy) is 1. The van der Waals surface area contributed by atoms with E-state index in [2.05, 4.69) is 25.1 Å². The first-order valence-electron chi connectivity index (χ1n) is 8.06. The molecule has 8 heteroatoms. The molecule has 0 aliphatic carbocycles. The predicted octanol–water partition coefficient (Wildman–Crippen LogP) is 0.445. The molecule has 2 aliphatic heterocycles. The van der Waals surface area contributed by atoms with Crippen LogP contribution in [0.2, 0.25) is 0 Å². The largest absolute Gasteiger partial charge is 0.381 e. The molecule has 8 nitrogen and oxygen atoms in total. The van der Waals surface area contributed by atoms with Crippen LogP contribution < -0.4 is 16.1 Å². The molecule has 0 bridgehead atoms. The van der Waals surface area contributed by atoms with Crippen molar-refractivity contribution >= 4 is 5.69 Å². The van der Waals surface area contributed by atoms with Crippen LogP contribution in [0.5, 0.6) is 0 Å². The summed E-state index contributed by atoms with van der Waals surface area (Å²) in [5, 5.41) is 8.30. The Morgan fingerprint density at radius 1 is 1.21 bits per heavy atom. The van der Waals surface area contributed by atoms with Crippen molar-refractivity contribution in [3.05, 3.63) is 38.8 Å². The maximum absolute atomic E-state index is 12.0. The topological polar surface area (TPSA) is 104 Å². The molecule has 2 saturated heterocycles. The van der Waals surface area contributed by atoms with Gasteiger partial charge in [-0.25, -0.2) is 4.79 Å². The average Bonchev–Trinajstić information content (AvgIpc) is 2.54. The predicted molar refractivity (Wildman–Crippen MR) is 88.1 cm³/mol. The van der Waals surface area contributed by atoms with E-state index in [1.165, 1.54) is 6.20 Å². The summed E-state index contributed by atoms with van der Waals surface area (Å²) in [7, 11) is 0. The molecule has 0 unspecified atom stereocenters. The molecule has 0 aromatic carbocycles. The summed E-state index contributed by atoms with van der Waals surface area (Å²) in [4.78, 5) is 30.1. The molecule has 126 valence electrons. The zero-order chi connectivity index (χ0) is 16.7. The standard InChI is InChI=1S/C16H19N5O3/c1-10-13(21-8-16(9-21)2-4-24-5-3-16)6-12(20-19-10)11-7-17-15(23)18-14(11)22/h6-7H,2-5,8-9H2,1H3,(H2,17,18,22,23). The number of H-pyrrole nitrogens is 2. The van der Waals surface area contributed by atoms with Gasteiger partial charge in [0.05, 0.1) is 16.9 Å². The van der Waals surface area contributed by atoms with Gasteiger partial charge in [0.25, 0.3) is 5.56 Å². The molecular formula is C16H19N5O3. The molecule has 1 spiro atoms. The van der Waals surface area contributed by atoms with E-state index in [-0.39, 0.29) is 0 Å². The van der Waals surface area contributed by atoms with Crippen molar-refractivity contribution in [3.8, 4) is 11.3 Å². The van der Waals surface area contributed by atoms with Crippen molar-refractivity contribution in [1.29, 1.82) is 0 Å². The van der Waals surface area contributed by atoms with E-state index in [1.54, 1.807) is 0 Å². The Bertz CT molecular complexity index is 874. The lowest BCUT2D eigenvalue weighted by Gasteiger charge is -2.53. The lowest BCUT2D eigenvalue weighted by Crippen LogP contribution is -2.58. The second kappa shape index (κ2) is 5.55. The first-order valence-corrected chi connectivity index (χ1v) is 8.06. The fraction of sp³-hybridized carbons (Fsp3) is 0.500. The monoisotopic (exact) mass is 329 g/mol. The van der Waals surface area contributed by atoms with Gasteiger partial charge >= 0.3 is 5.69 Å². The second-order valence-electron chi connectivity index (χ2n) is 6.65. The van der Waals surface area contributed by atoms with Crippen molar-refractivity contribution < 1.29 is 4.74 Å². The lowest BCUT2D eigenvalue weighted by atomic mass is 9.73. The molecule has 2 aromatic rings. The Kier molecular flexibility index (Phi) is 3.49. The molecular weight excluding hydrogens is 310 g/mol. The van der Waals surface area contributed by atoms with Gasteiger partial charge in [-0.1, -0.05) is 0 Å². The van der Waals surface area contributed by atoms with Crippen LogP contribution in [0.25, 0.3) is 11.3 Å². The molecule has 0 atom stereocenters. The molecule has 0 amide bonds. The molecule has 2 aliphatic rings. The summed E-state index contributed by atoms with van der Waals surface area (Å²) < 4.78 is 5.46. The lowest BCUT2D eigenvalue weighted by molar-refractivity contribution is -0.000253. The van der Waals surface area contributed by atoms with Crippen LogP contribution in [0.3, 0.4) is 0 Å². The van der Waals surface area contributed by atoms with Crippen LogP contribution >= 0.6 is 0 Å². The van der Waals surface area contributed by atoms with E-state index in [9.17, 15) is 9.59 Å². The van der Waals surface area contributed by atoms with Crippen molar-refractivity contribution in [3.63, 3.8) is 0 Å². The maximum atomic E-state index is 12.0. The van der Waals surface area contributed by atoms with Gasteiger partial charge in [-0.05, 0) is 25.8 Å². The number of aromatic amines is 2. The van der Waals surface area contributed by atoms with Gasteiger partial charge in [0.1, 0.15) is 5.69 Å². The maximum Gasteiger partial charge on any atom is 0.325 e. The Labute approximate surface area is 137 Å². The number of hydrogen-bond acceptors (Lipinski definition) is 6. The minimum absolute atomic E-state index is 0.310. The van der Waals surface area contributed by atoms with Gasteiger partial charge in [0.15, 0.2) is 0 Å². The van der Waals surface area contributed by atoms with Crippen LogP contribution in [0.4, 0.5) is 5.69 Å². The SMILES string of the molecule is Cc1nnc(-c2c[nH]c(=O)[nH]c2=O)cc1N1CC2(CCOCC2)C1. The number of anilines is 1. The first-order chi connectivity index (χ1) is 11.6. The van der Waals surface area contributed by atoms with Crippen LogP contribution in [0.15, 0.2) is 21.9 Å². The Balaban J connectivity index is 1.63. The van der Waals surface area contributed by atoms with Gasteiger partial charge in [-0.15, -0.1) is 5.10 Å². The molecule has 0 radical (unpaired) electrons. The minimum Gasteiger partial charge on any atom is -0.381 e. The molecule has 0 saturated carbocycles. The molecule has 2 N–H and O–H groups in total. The van der Waals surface area contributed by atoms with Crippen molar-refractivity contribution in [2.75, 3.05) is 31.2 Å². The van der Waals surface area contributed by atoms with Crippen molar-refractivity contribution in [2.24, 2.45) is 5.41 Å². The Morgan fingerprint density at radius 2 is 1.96 bits per heavy atom. The molecule has 2 fully saturated rings. The zero-order valence-electron chi connectivity index (χ0n) is 13.5.